The van der Waals surface area contributed by atoms with Crippen molar-refractivity contribution in [3.63, 3.8) is 0 Å². The minimum Gasteiger partial charge on any atom is -0.396 e. The molecule has 2 N–H and O–H groups in total. The van der Waals surface area contributed by atoms with E-state index >= 15 is 0 Å². The van der Waals surface area contributed by atoms with E-state index in [-0.39, 0.29) is 12.6 Å². The summed E-state index contributed by atoms with van der Waals surface area (Å²) in [5.41, 5.74) is 0. The molecule has 0 radical (unpaired) electrons. The fourth-order valence-corrected chi connectivity index (χ4v) is 1.15. The summed E-state index contributed by atoms with van der Waals surface area (Å²) in [6.07, 6.45) is 2.75. The molecule has 0 spiro atoms. The number of rotatable bonds is 7. The topological polar surface area (TPSA) is 52.6 Å². The van der Waals surface area contributed by atoms with Gasteiger partial charge in [-0.3, -0.25) is 0 Å². The highest BCUT2D eigenvalue weighted by Crippen LogP contribution is 1.92. The fourth-order valence-electron chi connectivity index (χ4n) is 1.15. The van der Waals surface area contributed by atoms with Crippen LogP contribution in [0.25, 0.3) is 0 Å². The molecular formula is C10H22N2O2. The molecule has 0 atom stereocenters. The molecule has 0 aromatic heterocycles. The molecule has 0 rings (SSSR count). The molecule has 14 heavy (non-hydrogen) atoms. The largest absolute Gasteiger partial charge is 0.396 e. The number of urea groups is 1. The maximum absolute atomic E-state index is 11.5. The van der Waals surface area contributed by atoms with Gasteiger partial charge >= 0.3 is 6.03 Å². The number of carbonyl (C=O) groups is 1. The first-order chi connectivity index (χ1) is 6.76. The second kappa shape index (κ2) is 8.81. The van der Waals surface area contributed by atoms with E-state index in [1.165, 1.54) is 0 Å². The maximum atomic E-state index is 11.5. The summed E-state index contributed by atoms with van der Waals surface area (Å²) >= 11 is 0. The third-order valence-corrected chi connectivity index (χ3v) is 2.06. The van der Waals surface area contributed by atoms with Crippen molar-refractivity contribution in [2.45, 2.75) is 33.1 Å². The first-order valence-electron chi connectivity index (χ1n) is 5.39. The zero-order valence-electron chi connectivity index (χ0n) is 9.25. The molecule has 0 aromatic rings. The zero-order chi connectivity index (χ0) is 10.8. The van der Waals surface area contributed by atoms with Crippen molar-refractivity contribution < 1.29 is 9.90 Å². The summed E-state index contributed by atoms with van der Waals surface area (Å²) in [5, 5.41) is 11.5. The maximum Gasteiger partial charge on any atom is 0.317 e. The molecule has 0 heterocycles. The van der Waals surface area contributed by atoms with Crippen LogP contribution >= 0.6 is 0 Å². The van der Waals surface area contributed by atoms with E-state index in [0.717, 1.165) is 19.4 Å². The van der Waals surface area contributed by atoms with Gasteiger partial charge in [-0.2, -0.15) is 0 Å². The predicted octanol–water partition coefficient (Wildman–Crippen LogP) is 1.20. The van der Waals surface area contributed by atoms with Gasteiger partial charge in [-0.15, -0.1) is 0 Å². The van der Waals surface area contributed by atoms with Gasteiger partial charge in [0.1, 0.15) is 0 Å². The Kier molecular flexibility index (Phi) is 8.33. The number of amides is 2. The minimum absolute atomic E-state index is 0.0191. The van der Waals surface area contributed by atoms with Crippen LogP contribution in [0.5, 0.6) is 0 Å². The molecule has 0 aliphatic heterocycles. The van der Waals surface area contributed by atoms with Crippen LogP contribution in [0.3, 0.4) is 0 Å². The second-order valence-electron chi connectivity index (χ2n) is 3.24. The van der Waals surface area contributed by atoms with Crippen molar-refractivity contribution in [2.75, 3.05) is 26.2 Å². The van der Waals surface area contributed by atoms with Crippen molar-refractivity contribution in [3.05, 3.63) is 0 Å². The van der Waals surface area contributed by atoms with E-state index in [2.05, 4.69) is 12.2 Å². The summed E-state index contributed by atoms with van der Waals surface area (Å²) < 4.78 is 0. The minimum atomic E-state index is -0.0191. The normalized spacial score (nSPS) is 9.93. The number of nitrogens with zero attached hydrogens (tertiary/aromatic N) is 1. The number of aliphatic hydroxyl groups excluding tert-OH is 1. The summed E-state index contributed by atoms with van der Waals surface area (Å²) in [6, 6.07) is -0.0191. The molecule has 0 unspecified atom stereocenters. The number of aliphatic hydroxyl groups is 1. The number of nitrogens with one attached hydrogen (secondary N) is 1. The number of carbonyl (C=O) groups excluding carboxylic acids is 1. The van der Waals surface area contributed by atoms with Gasteiger partial charge in [-0.05, 0) is 19.8 Å². The van der Waals surface area contributed by atoms with E-state index in [9.17, 15) is 4.79 Å². The SMILES string of the molecule is CCCCNC(=O)N(CC)CCCO. The third kappa shape index (κ3) is 5.80. The molecular weight excluding hydrogens is 180 g/mol. The Hall–Kier alpha value is -0.770. The van der Waals surface area contributed by atoms with E-state index < -0.39 is 0 Å². The lowest BCUT2D eigenvalue weighted by Gasteiger charge is -2.20. The van der Waals surface area contributed by atoms with Crippen LogP contribution in [0.15, 0.2) is 0 Å². The smallest absolute Gasteiger partial charge is 0.317 e. The average molecular weight is 202 g/mol. The first-order valence-corrected chi connectivity index (χ1v) is 5.39. The van der Waals surface area contributed by atoms with Gasteiger partial charge < -0.3 is 15.3 Å². The summed E-state index contributed by atoms with van der Waals surface area (Å²) in [5.74, 6) is 0. The van der Waals surface area contributed by atoms with E-state index in [0.29, 0.717) is 19.5 Å². The lowest BCUT2D eigenvalue weighted by molar-refractivity contribution is 0.192. The Morgan fingerprint density at radius 3 is 2.57 bits per heavy atom. The van der Waals surface area contributed by atoms with Crippen molar-refractivity contribution in [2.24, 2.45) is 0 Å². The molecule has 4 heteroatoms. The zero-order valence-corrected chi connectivity index (χ0v) is 9.25. The molecule has 0 aromatic carbocycles. The van der Waals surface area contributed by atoms with Crippen molar-refractivity contribution >= 4 is 6.03 Å². The number of hydrogen-bond acceptors (Lipinski definition) is 2. The molecule has 4 nitrogen and oxygen atoms in total. The van der Waals surface area contributed by atoms with Gasteiger partial charge in [0.15, 0.2) is 0 Å². The fraction of sp³-hybridized carbons (Fsp3) is 0.900. The Labute approximate surface area is 86.3 Å². The predicted molar refractivity (Wildman–Crippen MR) is 57.3 cm³/mol. The van der Waals surface area contributed by atoms with Gasteiger partial charge in [-0.25, -0.2) is 4.79 Å². The molecule has 0 saturated heterocycles. The highest BCUT2D eigenvalue weighted by Gasteiger charge is 2.08. The van der Waals surface area contributed by atoms with Crippen molar-refractivity contribution in [1.82, 2.24) is 10.2 Å². The summed E-state index contributed by atoms with van der Waals surface area (Å²) in [7, 11) is 0. The van der Waals surface area contributed by atoms with Crippen LogP contribution in [0, 0.1) is 0 Å². The number of unbranched alkanes of at least 4 members (excludes halogenated alkanes) is 1. The highest BCUT2D eigenvalue weighted by atomic mass is 16.3. The van der Waals surface area contributed by atoms with Crippen molar-refractivity contribution in [3.8, 4) is 0 Å². The Morgan fingerprint density at radius 2 is 2.07 bits per heavy atom. The van der Waals surface area contributed by atoms with E-state index in [1.807, 2.05) is 6.92 Å². The van der Waals surface area contributed by atoms with Crippen LogP contribution in [0.1, 0.15) is 33.1 Å². The Balaban J connectivity index is 3.67. The lowest BCUT2D eigenvalue weighted by Crippen LogP contribution is -2.40. The molecule has 2 amide bonds. The molecule has 0 saturated carbocycles. The molecule has 84 valence electrons. The van der Waals surface area contributed by atoms with E-state index in [1.54, 1.807) is 4.90 Å². The Bertz CT molecular complexity index is 151. The second-order valence-corrected chi connectivity index (χ2v) is 3.24. The molecule has 0 fully saturated rings. The standard InChI is InChI=1S/C10H22N2O2/c1-3-5-7-11-10(14)12(4-2)8-6-9-13/h13H,3-9H2,1-2H3,(H,11,14). The van der Waals surface area contributed by atoms with Gasteiger partial charge in [0.25, 0.3) is 0 Å². The molecule has 0 bridgehead atoms. The van der Waals surface area contributed by atoms with Gasteiger partial charge in [0.05, 0.1) is 0 Å². The van der Waals surface area contributed by atoms with Gasteiger partial charge in [0, 0.05) is 26.2 Å². The summed E-state index contributed by atoms with van der Waals surface area (Å²) in [4.78, 5) is 13.2. The van der Waals surface area contributed by atoms with Crippen LogP contribution in [0.4, 0.5) is 4.79 Å². The first kappa shape index (κ1) is 13.2. The van der Waals surface area contributed by atoms with Gasteiger partial charge in [0.2, 0.25) is 0 Å². The number of hydrogen-bond donors (Lipinski definition) is 2. The third-order valence-electron chi connectivity index (χ3n) is 2.06. The van der Waals surface area contributed by atoms with E-state index in [4.69, 9.17) is 5.11 Å². The van der Waals surface area contributed by atoms with Crippen LogP contribution in [0.2, 0.25) is 0 Å². The van der Waals surface area contributed by atoms with Crippen LogP contribution < -0.4 is 5.32 Å². The lowest BCUT2D eigenvalue weighted by atomic mass is 10.3. The summed E-state index contributed by atoms with van der Waals surface area (Å²) in [6.45, 7) is 6.24. The van der Waals surface area contributed by atoms with Crippen LogP contribution in [-0.2, 0) is 0 Å². The van der Waals surface area contributed by atoms with Crippen LogP contribution in [-0.4, -0.2) is 42.3 Å². The quantitative estimate of drug-likeness (QED) is 0.609. The monoisotopic (exact) mass is 202 g/mol. The van der Waals surface area contributed by atoms with Gasteiger partial charge in [-0.1, -0.05) is 13.3 Å². The average Bonchev–Trinajstić information content (AvgIpc) is 2.19. The highest BCUT2D eigenvalue weighted by molar-refractivity contribution is 5.74. The molecule has 0 aliphatic rings. The van der Waals surface area contributed by atoms with Crippen molar-refractivity contribution in [1.29, 1.82) is 0 Å². The molecule has 0 aliphatic carbocycles. The Morgan fingerprint density at radius 1 is 1.36 bits per heavy atom.